The van der Waals surface area contributed by atoms with Crippen molar-refractivity contribution in [3.8, 4) is 16.9 Å². The Hall–Kier alpha value is -3.95. The standard InChI is InChI=1S/C42H55ClFN3O5/c1-31(48)47(40(49)29-42(2,3)4)24-14-9-7-5-6-8-13-23-46-25-21-35(22-26-46)52-41(50)45-38-19-18-34(44)28-36(38)33-17-20-39(37(43)27-33)51-30-32-15-11-10-12-16-32/h10-12,15-20,27-28,35H,5-9,13-14,21-26,29-30H2,1-4H3,(H,45,50). The summed E-state index contributed by atoms with van der Waals surface area (Å²) >= 11 is 6.54. The molecule has 0 bridgehead atoms. The fourth-order valence-corrected chi connectivity index (χ4v) is 6.66. The van der Waals surface area contributed by atoms with E-state index in [0.29, 0.717) is 47.2 Å². The maximum atomic E-state index is 14.3. The van der Waals surface area contributed by atoms with Crippen LogP contribution in [-0.4, -0.2) is 60.0 Å². The molecular formula is C42H55ClFN3O5. The van der Waals surface area contributed by atoms with Gasteiger partial charge in [0.1, 0.15) is 24.3 Å². The predicted molar refractivity (Wildman–Crippen MR) is 206 cm³/mol. The van der Waals surface area contributed by atoms with Crippen molar-refractivity contribution in [2.45, 2.75) is 105 Å². The van der Waals surface area contributed by atoms with Gasteiger partial charge in [-0.3, -0.25) is 19.8 Å². The highest BCUT2D eigenvalue weighted by molar-refractivity contribution is 6.32. The number of nitrogens with one attached hydrogen (secondary N) is 1. The maximum absolute atomic E-state index is 14.3. The maximum Gasteiger partial charge on any atom is 0.411 e. The van der Waals surface area contributed by atoms with Crippen LogP contribution >= 0.6 is 11.6 Å². The van der Waals surface area contributed by atoms with E-state index in [4.69, 9.17) is 21.1 Å². The molecule has 1 aliphatic heterocycles. The van der Waals surface area contributed by atoms with Crippen molar-refractivity contribution in [2.24, 2.45) is 5.41 Å². The van der Waals surface area contributed by atoms with Crippen molar-refractivity contribution in [2.75, 3.05) is 31.5 Å². The quantitative estimate of drug-likeness (QED) is 0.139. The summed E-state index contributed by atoms with van der Waals surface area (Å²) in [6, 6.07) is 19.2. The number of hydrogen-bond donors (Lipinski definition) is 1. The lowest BCUT2D eigenvalue weighted by atomic mass is 9.91. The molecule has 1 aliphatic rings. The van der Waals surface area contributed by atoms with E-state index < -0.39 is 11.9 Å². The van der Waals surface area contributed by atoms with Gasteiger partial charge in [-0.2, -0.15) is 0 Å². The Morgan fingerprint density at radius 3 is 2.23 bits per heavy atom. The Balaban J connectivity index is 1.12. The molecule has 282 valence electrons. The van der Waals surface area contributed by atoms with E-state index in [1.54, 1.807) is 18.2 Å². The third-order valence-corrected chi connectivity index (χ3v) is 9.52. The third-order valence-electron chi connectivity index (χ3n) is 9.23. The van der Waals surface area contributed by atoms with Gasteiger partial charge in [-0.15, -0.1) is 0 Å². The van der Waals surface area contributed by atoms with E-state index >= 15 is 0 Å². The second-order valence-electron chi connectivity index (χ2n) is 15.0. The molecule has 0 aromatic heterocycles. The van der Waals surface area contributed by atoms with Gasteiger partial charge in [0.15, 0.2) is 0 Å². The van der Waals surface area contributed by atoms with Crippen LogP contribution in [0, 0.1) is 11.2 Å². The number of imide groups is 1. The molecule has 3 aromatic rings. The Bertz CT molecular complexity index is 1600. The Labute approximate surface area is 314 Å². The number of ether oxygens (including phenoxy) is 2. The van der Waals surface area contributed by atoms with E-state index in [9.17, 15) is 18.8 Å². The number of likely N-dealkylation sites (tertiary alicyclic amines) is 1. The second kappa shape index (κ2) is 20.3. The topological polar surface area (TPSA) is 88.2 Å². The Morgan fingerprint density at radius 1 is 0.904 bits per heavy atom. The first kappa shape index (κ1) is 40.8. The zero-order valence-corrected chi connectivity index (χ0v) is 32.0. The average Bonchev–Trinajstić information content (AvgIpc) is 3.09. The van der Waals surface area contributed by atoms with Gasteiger partial charge in [0.05, 0.1) is 10.7 Å². The van der Waals surface area contributed by atoms with Crippen molar-refractivity contribution in [3.05, 3.63) is 83.1 Å². The minimum atomic E-state index is -0.564. The number of amides is 3. The molecule has 10 heteroatoms. The van der Waals surface area contributed by atoms with Crippen LogP contribution < -0.4 is 10.1 Å². The smallest absolute Gasteiger partial charge is 0.411 e. The predicted octanol–water partition coefficient (Wildman–Crippen LogP) is 10.3. The van der Waals surface area contributed by atoms with E-state index in [-0.39, 0.29) is 23.3 Å². The van der Waals surface area contributed by atoms with Crippen LogP contribution in [0.1, 0.15) is 97.5 Å². The number of benzene rings is 3. The number of unbranched alkanes of at least 4 members (excludes halogenated alkanes) is 6. The first-order valence-electron chi connectivity index (χ1n) is 18.6. The van der Waals surface area contributed by atoms with Gasteiger partial charge in [0.25, 0.3) is 0 Å². The molecule has 0 aliphatic carbocycles. The van der Waals surface area contributed by atoms with Crippen LogP contribution in [0.2, 0.25) is 5.02 Å². The lowest BCUT2D eigenvalue weighted by Crippen LogP contribution is -2.38. The Kier molecular flexibility index (Phi) is 16.0. The SMILES string of the molecule is CC(=O)N(CCCCCCCCCN1CCC(OC(=O)Nc2ccc(F)cc2-c2ccc(OCc3ccccc3)c(Cl)c2)CC1)C(=O)CC(C)(C)C. The molecule has 1 heterocycles. The van der Waals surface area contributed by atoms with Crippen LogP contribution in [0.4, 0.5) is 14.9 Å². The van der Waals surface area contributed by atoms with Crippen LogP contribution in [0.5, 0.6) is 5.75 Å². The minimum absolute atomic E-state index is 0.0760. The summed E-state index contributed by atoms with van der Waals surface area (Å²) in [7, 11) is 0. The van der Waals surface area contributed by atoms with Crippen molar-refractivity contribution < 1.29 is 28.2 Å². The van der Waals surface area contributed by atoms with Crippen LogP contribution in [-0.2, 0) is 20.9 Å². The zero-order chi connectivity index (χ0) is 37.5. The van der Waals surface area contributed by atoms with Gasteiger partial charge >= 0.3 is 6.09 Å². The Morgan fingerprint density at radius 2 is 1.58 bits per heavy atom. The molecule has 0 unspecified atom stereocenters. The van der Waals surface area contributed by atoms with Gasteiger partial charge < -0.3 is 14.4 Å². The highest BCUT2D eigenvalue weighted by atomic mass is 35.5. The summed E-state index contributed by atoms with van der Waals surface area (Å²) < 4.78 is 26.0. The van der Waals surface area contributed by atoms with Crippen molar-refractivity contribution in [1.82, 2.24) is 9.80 Å². The molecule has 1 saturated heterocycles. The van der Waals surface area contributed by atoms with Gasteiger partial charge in [0.2, 0.25) is 11.8 Å². The fraction of sp³-hybridized carbons (Fsp3) is 0.500. The van der Waals surface area contributed by atoms with Crippen molar-refractivity contribution in [1.29, 1.82) is 0 Å². The second-order valence-corrected chi connectivity index (χ2v) is 15.4. The van der Waals surface area contributed by atoms with Gasteiger partial charge in [-0.25, -0.2) is 9.18 Å². The molecule has 8 nitrogen and oxygen atoms in total. The molecule has 52 heavy (non-hydrogen) atoms. The summed E-state index contributed by atoms with van der Waals surface area (Å²) in [6.07, 6.45) is 8.74. The number of nitrogens with zero attached hydrogens (tertiary/aromatic N) is 2. The summed E-state index contributed by atoms with van der Waals surface area (Å²) in [6.45, 7) is 11.2. The molecule has 0 atom stereocenters. The highest BCUT2D eigenvalue weighted by Gasteiger charge is 2.24. The minimum Gasteiger partial charge on any atom is -0.487 e. The summed E-state index contributed by atoms with van der Waals surface area (Å²) in [5.74, 6) is -0.158. The number of piperidine rings is 1. The van der Waals surface area contributed by atoms with Crippen LogP contribution in [0.3, 0.4) is 0 Å². The van der Waals surface area contributed by atoms with E-state index in [2.05, 4.69) is 10.2 Å². The van der Waals surface area contributed by atoms with Crippen molar-refractivity contribution in [3.63, 3.8) is 0 Å². The number of anilines is 1. The molecule has 3 aromatic carbocycles. The zero-order valence-electron chi connectivity index (χ0n) is 31.2. The number of hydrogen-bond acceptors (Lipinski definition) is 6. The van der Waals surface area contributed by atoms with Gasteiger partial charge in [-0.05, 0) is 79.1 Å². The molecule has 1 N–H and O–H groups in total. The largest absolute Gasteiger partial charge is 0.487 e. The molecule has 3 amide bonds. The summed E-state index contributed by atoms with van der Waals surface area (Å²) in [5, 5.41) is 3.20. The monoisotopic (exact) mass is 735 g/mol. The molecule has 0 radical (unpaired) electrons. The number of halogens is 2. The van der Waals surface area contributed by atoms with Gasteiger partial charge in [0, 0.05) is 38.5 Å². The molecule has 0 saturated carbocycles. The molecular weight excluding hydrogens is 681 g/mol. The van der Waals surface area contributed by atoms with Crippen molar-refractivity contribution >= 4 is 35.2 Å². The van der Waals surface area contributed by atoms with Gasteiger partial charge in [-0.1, -0.05) is 101 Å². The highest BCUT2D eigenvalue weighted by Crippen LogP contribution is 2.35. The molecule has 1 fully saturated rings. The van der Waals surface area contributed by atoms with Crippen LogP contribution in [0.25, 0.3) is 11.1 Å². The first-order chi connectivity index (χ1) is 24.9. The number of rotatable bonds is 17. The molecule has 4 rings (SSSR count). The summed E-state index contributed by atoms with van der Waals surface area (Å²) in [5.41, 5.74) is 2.45. The number of carbonyl (C=O) groups excluding carboxylic acids is 3. The molecule has 0 spiro atoms. The van der Waals surface area contributed by atoms with Crippen LogP contribution in [0.15, 0.2) is 66.7 Å². The lowest BCUT2D eigenvalue weighted by Gasteiger charge is -2.31. The average molecular weight is 736 g/mol. The van der Waals surface area contributed by atoms with E-state index in [0.717, 1.165) is 76.6 Å². The normalized spacial score (nSPS) is 13.8. The third kappa shape index (κ3) is 13.9. The fourth-order valence-electron chi connectivity index (χ4n) is 6.42. The number of carbonyl (C=O) groups is 3. The first-order valence-corrected chi connectivity index (χ1v) is 19.0. The lowest BCUT2D eigenvalue weighted by molar-refractivity contribution is -0.144. The summed E-state index contributed by atoms with van der Waals surface area (Å²) in [4.78, 5) is 41.2. The van der Waals surface area contributed by atoms with E-state index in [1.807, 2.05) is 51.1 Å². The van der Waals surface area contributed by atoms with E-state index in [1.165, 1.54) is 36.4 Å².